The van der Waals surface area contributed by atoms with Crippen LogP contribution in [0.1, 0.15) is 36.0 Å². The Morgan fingerprint density at radius 1 is 1.11 bits per heavy atom. The summed E-state index contributed by atoms with van der Waals surface area (Å²) in [5.41, 5.74) is 8.73. The number of fused-ring (bicyclic) bond motifs is 1. The second-order valence-electron chi connectivity index (χ2n) is 9.10. The van der Waals surface area contributed by atoms with E-state index in [4.69, 9.17) is 17.3 Å². The number of aryl methyl sites for hydroxylation is 1. The van der Waals surface area contributed by atoms with Crippen molar-refractivity contribution in [1.29, 1.82) is 0 Å². The van der Waals surface area contributed by atoms with Crippen molar-refractivity contribution in [2.75, 3.05) is 22.5 Å². The van der Waals surface area contributed by atoms with Crippen LogP contribution in [0.15, 0.2) is 54.9 Å². The summed E-state index contributed by atoms with van der Waals surface area (Å²) < 4.78 is 3.66. The quantitative estimate of drug-likeness (QED) is 0.334. The lowest BCUT2D eigenvalue weighted by atomic mass is 10.2. The highest BCUT2D eigenvalue weighted by Gasteiger charge is 2.33. The molecule has 37 heavy (non-hydrogen) atoms. The number of rotatable bonds is 6. The monoisotopic (exact) mass is 518 g/mol. The minimum Gasteiger partial charge on any atom is -0.397 e. The molecule has 11 heteroatoms. The molecule has 1 aliphatic heterocycles. The molecule has 10 nitrogen and oxygen atoms in total. The zero-order valence-electron chi connectivity index (χ0n) is 20.7. The van der Waals surface area contributed by atoms with Crippen LogP contribution in [0, 0.1) is 6.92 Å². The van der Waals surface area contributed by atoms with Crippen molar-refractivity contribution in [2.45, 2.75) is 33.4 Å². The van der Waals surface area contributed by atoms with E-state index in [1.165, 1.54) is 4.90 Å². The SMILES string of the molecule is Cc1nc2c(n1-c1ccc(Cl)c(N)c1)C(=O)N(c1ccc(-n3ccnc3CNC(C)C)cc1)CC(=O)N2. The summed E-state index contributed by atoms with van der Waals surface area (Å²) in [6.07, 6.45) is 3.64. The molecule has 5 rings (SSSR count). The third kappa shape index (κ3) is 4.68. The predicted molar refractivity (Wildman–Crippen MR) is 144 cm³/mol. The number of nitrogens with zero attached hydrogens (tertiary/aromatic N) is 5. The fourth-order valence-corrected chi connectivity index (χ4v) is 4.43. The molecule has 190 valence electrons. The van der Waals surface area contributed by atoms with E-state index in [-0.39, 0.29) is 29.9 Å². The number of halogens is 1. The van der Waals surface area contributed by atoms with Crippen LogP contribution in [0.4, 0.5) is 17.2 Å². The van der Waals surface area contributed by atoms with Gasteiger partial charge in [0.05, 0.1) is 17.3 Å². The molecular weight excluding hydrogens is 492 g/mol. The number of nitrogen functional groups attached to an aromatic ring is 1. The number of nitrogens with two attached hydrogens (primary N) is 1. The van der Waals surface area contributed by atoms with Gasteiger partial charge in [0.2, 0.25) is 5.91 Å². The van der Waals surface area contributed by atoms with Gasteiger partial charge in [0, 0.05) is 35.5 Å². The molecule has 0 bridgehead atoms. The Bertz CT molecular complexity index is 1490. The minimum absolute atomic E-state index is 0.148. The van der Waals surface area contributed by atoms with E-state index in [1.807, 2.05) is 35.0 Å². The summed E-state index contributed by atoms with van der Waals surface area (Å²) in [7, 11) is 0. The van der Waals surface area contributed by atoms with Gasteiger partial charge in [-0.05, 0) is 49.4 Å². The van der Waals surface area contributed by atoms with Crippen LogP contribution in [0.5, 0.6) is 0 Å². The summed E-state index contributed by atoms with van der Waals surface area (Å²) >= 11 is 6.10. The molecule has 4 N–H and O–H groups in total. The molecule has 0 saturated heterocycles. The van der Waals surface area contributed by atoms with Gasteiger partial charge in [-0.15, -0.1) is 0 Å². The molecular formula is C26H27ClN8O2. The van der Waals surface area contributed by atoms with Crippen LogP contribution in [0.2, 0.25) is 5.02 Å². The van der Waals surface area contributed by atoms with Gasteiger partial charge in [0.1, 0.15) is 18.2 Å². The molecule has 4 aromatic rings. The fraction of sp³-hybridized carbons (Fsp3) is 0.231. The summed E-state index contributed by atoms with van der Waals surface area (Å²) in [6, 6.07) is 12.9. The Morgan fingerprint density at radius 2 is 1.81 bits per heavy atom. The van der Waals surface area contributed by atoms with Crippen molar-refractivity contribution in [3.8, 4) is 11.4 Å². The maximum Gasteiger partial charge on any atom is 0.279 e. The van der Waals surface area contributed by atoms with Crippen LogP contribution in [0.25, 0.3) is 11.4 Å². The van der Waals surface area contributed by atoms with Crippen molar-refractivity contribution in [1.82, 2.24) is 24.4 Å². The number of hydrogen-bond donors (Lipinski definition) is 3. The van der Waals surface area contributed by atoms with Gasteiger partial charge in [0.15, 0.2) is 11.5 Å². The van der Waals surface area contributed by atoms with E-state index in [0.29, 0.717) is 40.5 Å². The number of aromatic nitrogens is 4. The molecule has 0 spiro atoms. The number of imidazole rings is 2. The lowest BCUT2D eigenvalue weighted by Crippen LogP contribution is -2.36. The molecule has 2 amide bonds. The van der Waals surface area contributed by atoms with Gasteiger partial charge in [0.25, 0.3) is 5.91 Å². The predicted octanol–water partition coefficient (Wildman–Crippen LogP) is 3.70. The van der Waals surface area contributed by atoms with Crippen LogP contribution < -0.4 is 21.3 Å². The number of benzene rings is 2. The van der Waals surface area contributed by atoms with Crippen LogP contribution in [-0.2, 0) is 11.3 Å². The fourth-order valence-electron chi connectivity index (χ4n) is 4.31. The molecule has 3 heterocycles. The van der Waals surface area contributed by atoms with Gasteiger partial charge in [-0.2, -0.15) is 0 Å². The lowest BCUT2D eigenvalue weighted by Gasteiger charge is -2.21. The normalized spacial score (nSPS) is 13.6. The summed E-state index contributed by atoms with van der Waals surface area (Å²) in [5, 5.41) is 6.55. The lowest BCUT2D eigenvalue weighted by molar-refractivity contribution is -0.114. The number of amides is 2. The van der Waals surface area contributed by atoms with Gasteiger partial charge >= 0.3 is 0 Å². The minimum atomic E-state index is -0.361. The number of hydrogen-bond acceptors (Lipinski definition) is 6. The first-order valence-corrected chi connectivity index (χ1v) is 12.2. The Morgan fingerprint density at radius 3 is 2.51 bits per heavy atom. The van der Waals surface area contributed by atoms with Crippen molar-refractivity contribution in [3.05, 3.63) is 77.2 Å². The number of carbonyl (C=O) groups is 2. The standard InChI is InChI=1S/C26H27ClN8O2/c1-15(2)30-13-22-29-10-11-33(22)17-4-6-18(7-5-17)34-14-23(36)32-25-24(26(34)37)35(16(3)31-25)19-8-9-20(27)21(28)12-19/h4-12,15,30H,13-14,28H2,1-3H3,(H,32,36). The molecule has 0 atom stereocenters. The smallest absolute Gasteiger partial charge is 0.279 e. The topological polar surface area (TPSA) is 123 Å². The summed E-state index contributed by atoms with van der Waals surface area (Å²) in [4.78, 5) is 36.9. The van der Waals surface area contributed by atoms with Crippen LogP contribution in [0.3, 0.4) is 0 Å². The largest absolute Gasteiger partial charge is 0.397 e. The summed E-state index contributed by atoms with van der Waals surface area (Å²) in [6.45, 7) is 6.40. The van der Waals surface area contributed by atoms with E-state index in [9.17, 15) is 9.59 Å². The van der Waals surface area contributed by atoms with Gasteiger partial charge in [-0.25, -0.2) is 9.97 Å². The average molecular weight is 519 g/mol. The Kier molecular flexibility index (Phi) is 6.45. The first-order chi connectivity index (χ1) is 17.7. The molecule has 2 aromatic heterocycles. The Balaban J connectivity index is 1.50. The molecule has 0 unspecified atom stereocenters. The van der Waals surface area contributed by atoms with Gasteiger partial charge in [-0.1, -0.05) is 25.4 Å². The Hall–Kier alpha value is -4.15. The van der Waals surface area contributed by atoms with Gasteiger partial charge in [-0.3, -0.25) is 19.1 Å². The molecule has 0 saturated carbocycles. The number of nitrogens with one attached hydrogen (secondary N) is 2. The number of carbonyl (C=O) groups excluding carboxylic acids is 2. The average Bonchev–Trinajstić information content (AvgIpc) is 3.43. The van der Waals surface area contributed by atoms with E-state index in [1.54, 1.807) is 35.9 Å². The molecule has 0 radical (unpaired) electrons. The first-order valence-electron chi connectivity index (χ1n) is 11.9. The molecule has 0 fully saturated rings. The second-order valence-corrected chi connectivity index (χ2v) is 9.51. The highest BCUT2D eigenvalue weighted by atomic mass is 35.5. The highest BCUT2D eigenvalue weighted by Crippen LogP contribution is 2.31. The third-order valence-corrected chi connectivity index (χ3v) is 6.46. The van der Waals surface area contributed by atoms with Gasteiger partial charge < -0.3 is 20.9 Å². The maximum absolute atomic E-state index is 13.9. The van der Waals surface area contributed by atoms with E-state index in [2.05, 4.69) is 34.4 Å². The number of anilines is 3. The van der Waals surface area contributed by atoms with Crippen molar-refractivity contribution >= 4 is 40.6 Å². The van der Waals surface area contributed by atoms with Crippen molar-refractivity contribution in [2.24, 2.45) is 0 Å². The Labute approximate surface area is 219 Å². The van der Waals surface area contributed by atoms with E-state index < -0.39 is 0 Å². The molecule has 0 aliphatic carbocycles. The highest BCUT2D eigenvalue weighted by molar-refractivity contribution is 6.33. The maximum atomic E-state index is 13.9. The third-order valence-electron chi connectivity index (χ3n) is 6.12. The van der Waals surface area contributed by atoms with Crippen LogP contribution >= 0.6 is 11.6 Å². The van der Waals surface area contributed by atoms with Crippen molar-refractivity contribution < 1.29 is 9.59 Å². The zero-order chi connectivity index (χ0) is 26.3. The molecule has 1 aliphatic rings. The van der Waals surface area contributed by atoms with E-state index >= 15 is 0 Å². The first kappa shape index (κ1) is 24.5. The van der Waals surface area contributed by atoms with Crippen molar-refractivity contribution in [3.63, 3.8) is 0 Å². The molecule has 2 aromatic carbocycles. The zero-order valence-corrected chi connectivity index (χ0v) is 21.5. The van der Waals surface area contributed by atoms with Crippen LogP contribution in [-0.4, -0.2) is 43.5 Å². The second kappa shape index (κ2) is 9.72. The van der Waals surface area contributed by atoms with E-state index in [0.717, 1.165) is 11.5 Å². The summed E-state index contributed by atoms with van der Waals surface area (Å²) in [5.74, 6) is 0.909.